The molecule has 0 amide bonds. The van der Waals surface area contributed by atoms with Crippen molar-refractivity contribution >= 4 is 0 Å². The van der Waals surface area contributed by atoms with E-state index in [0.29, 0.717) is 6.04 Å². The van der Waals surface area contributed by atoms with E-state index in [0.717, 1.165) is 12.0 Å². The Labute approximate surface area is 78.0 Å². The average Bonchev–Trinajstić information content (AvgIpc) is 2.11. The van der Waals surface area contributed by atoms with Gasteiger partial charge in [0.2, 0.25) is 0 Å². The van der Waals surface area contributed by atoms with E-state index in [4.69, 9.17) is 5.11 Å². The van der Waals surface area contributed by atoms with Crippen molar-refractivity contribution in [3.05, 3.63) is 23.8 Å². The predicted octanol–water partition coefficient (Wildman–Crippen LogP) is 1.25. The van der Waals surface area contributed by atoms with Crippen LogP contribution in [0, 0.1) is 0 Å². The lowest BCUT2D eigenvalue weighted by atomic mass is 10.1. The Morgan fingerprint density at radius 2 is 2.00 bits per heavy atom. The van der Waals surface area contributed by atoms with Gasteiger partial charge in [-0.05, 0) is 38.1 Å². The summed E-state index contributed by atoms with van der Waals surface area (Å²) in [6, 6.07) is 5.27. The van der Waals surface area contributed by atoms with Crippen LogP contribution in [0.3, 0.4) is 0 Å². The van der Waals surface area contributed by atoms with E-state index in [2.05, 4.69) is 12.2 Å². The second-order valence-corrected chi connectivity index (χ2v) is 3.22. The third kappa shape index (κ3) is 2.63. The number of phenolic OH excluding ortho intramolecular Hbond substituents is 2. The molecule has 3 N–H and O–H groups in total. The Hall–Kier alpha value is -1.22. The highest BCUT2D eigenvalue weighted by Crippen LogP contribution is 2.25. The van der Waals surface area contributed by atoms with Crippen molar-refractivity contribution in [2.24, 2.45) is 0 Å². The molecule has 0 fully saturated rings. The third-order valence-electron chi connectivity index (χ3n) is 2.07. The lowest BCUT2D eigenvalue weighted by molar-refractivity contribution is 0.403. The van der Waals surface area contributed by atoms with Crippen LogP contribution in [0.25, 0.3) is 0 Å². The fourth-order valence-corrected chi connectivity index (χ4v) is 1.15. The summed E-state index contributed by atoms with van der Waals surface area (Å²) in [6.45, 7) is 2.06. The van der Waals surface area contributed by atoms with Gasteiger partial charge in [-0.1, -0.05) is 6.07 Å². The molecule has 0 saturated heterocycles. The first kappa shape index (κ1) is 9.86. The standard InChI is InChI=1S/C10H15NO2/c1-7(11-2)5-8-3-4-9(12)10(13)6-8/h3-4,6-7,11-13H,5H2,1-2H3. The SMILES string of the molecule is CNC(C)Cc1ccc(O)c(O)c1. The van der Waals surface area contributed by atoms with Crippen LogP contribution in [0.1, 0.15) is 12.5 Å². The van der Waals surface area contributed by atoms with Gasteiger partial charge in [0, 0.05) is 6.04 Å². The van der Waals surface area contributed by atoms with Crippen molar-refractivity contribution < 1.29 is 10.2 Å². The highest BCUT2D eigenvalue weighted by atomic mass is 16.3. The maximum atomic E-state index is 9.22. The number of nitrogens with one attached hydrogen (secondary N) is 1. The van der Waals surface area contributed by atoms with Crippen molar-refractivity contribution in [1.29, 1.82) is 0 Å². The normalized spacial score (nSPS) is 12.8. The third-order valence-corrected chi connectivity index (χ3v) is 2.07. The second kappa shape index (κ2) is 4.14. The van der Waals surface area contributed by atoms with Crippen LogP contribution in [-0.2, 0) is 6.42 Å². The summed E-state index contributed by atoms with van der Waals surface area (Å²) in [6.07, 6.45) is 0.838. The minimum Gasteiger partial charge on any atom is -0.504 e. The molecule has 1 aromatic carbocycles. The summed E-state index contributed by atoms with van der Waals surface area (Å²) in [7, 11) is 1.89. The Morgan fingerprint density at radius 1 is 1.31 bits per heavy atom. The predicted molar refractivity (Wildman–Crippen MR) is 52.0 cm³/mol. The Balaban J connectivity index is 2.73. The first-order valence-corrected chi connectivity index (χ1v) is 4.31. The largest absolute Gasteiger partial charge is 0.504 e. The number of phenols is 2. The smallest absolute Gasteiger partial charge is 0.157 e. The number of aromatic hydroxyl groups is 2. The average molecular weight is 181 g/mol. The molecule has 1 atom stereocenters. The van der Waals surface area contributed by atoms with E-state index < -0.39 is 0 Å². The molecule has 13 heavy (non-hydrogen) atoms. The zero-order valence-corrected chi connectivity index (χ0v) is 7.91. The number of hydrogen-bond donors (Lipinski definition) is 3. The molecule has 0 heterocycles. The zero-order valence-electron chi connectivity index (χ0n) is 7.91. The van der Waals surface area contributed by atoms with Gasteiger partial charge in [-0.15, -0.1) is 0 Å². The molecule has 0 aliphatic rings. The minimum atomic E-state index is -0.0686. The van der Waals surface area contributed by atoms with Crippen LogP contribution in [0.2, 0.25) is 0 Å². The molecular weight excluding hydrogens is 166 g/mol. The number of rotatable bonds is 3. The van der Waals surface area contributed by atoms with Gasteiger partial charge in [-0.3, -0.25) is 0 Å². The van der Waals surface area contributed by atoms with Gasteiger partial charge in [-0.2, -0.15) is 0 Å². The van der Waals surface area contributed by atoms with Gasteiger partial charge in [0.15, 0.2) is 11.5 Å². The van der Waals surface area contributed by atoms with Gasteiger partial charge < -0.3 is 15.5 Å². The first-order valence-electron chi connectivity index (χ1n) is 4.31. The van der Waals surface area contributed by atoms with Crippen LogP contribution in [0.4, 0.5) is 0 Å². The molecule has 1 aromatic rings. The van der Waals surface area contributed by atoms with Crippen molar-refractivity contribution in [2.75, 3.05) is 7.05 Å². The molecule has 0 saturated carbocycles. The molecule has 0 aliphatic heterocycles. The molecule has 3 nitrogen and oxygen atoms in total. The van der Waals surface area contributed by atoms with Crippen molar-refractivity contribution in [2.45, 2.75) is 19.4 Å². The van der Waals surface area contributed by atoms with Gasteiger partial charge in [-0.25, -0.2) is 0 Å². The van der Waals surface area contributed by atoms with E-state index >= 15 is 0 Å². The summed E-state index contributed by atoms with van der Waals surface area (Å²) in [4.78, 5) is 0. The lowest BCUT2D eigenvalue weighted by Gasteiger charge is -2.10. The number of hydrogen-bond acceptors (Lipinski definition) is 3. The Kier molecular flexibility index (Phi) is 3.14. The lowest BCUT2D eigenvalue weighted by Crippen LogP contribution is -2.23. The van der Waals surface area contributed by atoms with Crippen molar-refractivity contribution in [1.82, 2.24) is 5.32 Å². The van der Waals surface area contributed by atoms with Gasteiger partial charge >= 0.3 is 0 Å². The molecule has 3 heteroatoms. The topological polar surface area (TPSA) is 52.5 Å². The highest BCUT2D eigenvalue weighted by molar-refractivity contribution is 5.40. The zero-order chi connectivity index (χ0) is 9.84. The monoisotopic (exact) mass is 181 g/mol. The van der Waals surface area contributed by atoms with Crippen LogP contribution in [-0.4, -0.2) is 23.3 Å². The molecule has 0 bridgehead atoms. The van der Waals surface area contributed by atoms with Crippen molar-refractivity contribution in [3.8, 4) is 11.5 Å². The van der Waals surface area contributed by atoms with Crippen LogP contribution in [0.5, 0.6) is 11.5 Å². The Bertz CT molecular complexity index is 286. The minimum absolute atomic E-state index is 0.0548. The molecule has 1 rings (SSSR count). The summed E-state index contributed by atoms with van der Waals surface area (Å²) in [5, 5.41) is 21.4. The maximum absolute atomic E-state index is 9.22. The van der Waals surface area contributed by atoms with Gasteiger partial charge in [0.05, 0.1) is 0 Å². The number of benzene rings is 1. The van der Waals surface area contributed by atoms with Gasteiger partial charge in [0.25, 0.3) is 0 Å². The van der Waals surface area contributed by atoms with Crippen LogP contribution < -0.4 is 5.32 Å². The maximum Gasteiger partial charge on any atom is 0.157 e. The summed E-state index contributed by atoms with van der Waals surface area (Å²) in [5.74, 6) is -0.123. The first-order chi connectivity index (χ1) is 6.13. The Morgan fingerprint density at radius 3 is 2.54 bits per heavy atom. The molecular formula is C10H15NO2. The summed E-state index contributed by atoms with van der Waals surface area (Å²) in [5.41, 5.74) is 1.01. The molecule has 1 unspecified atom stereocenters. The van der Waals surface area contributed by atoms with E-state index in [1.54, 1.807) is 6.07 Å². The van der Waals surface area contributed by atoms with Crippen molar-refractivity contribution in [3.63, 3.8) is 0 Å². The van der Waals surface area contributed by atoms with Gasteiger partial charge in [0.1, 0.15) is 0 Å². The van der Waals surface area contributed by atoms with Crippen LogP contribution >= 0.6 is 0 Å². The molecule has 0 aromatic heterocycles. The fourth-order valence-electron chi connectivity index (χ4n) is 1.15. The van der Waals surface area contributed by atoms with Crippen LogP contribution in [0.15, 0.2) is 18.2 Å². The molecule has 0 aliphatic carbocycles. The quantitative estimate of drug-likeness (QED) is 0.615. The molecule has 0 radical (unpaired) electrons. The van der Waals surface area contributed by atoms with E-state index in [1.807, 2.05) is 13.1 Å². The molecule has 0 spiro atoms. The van der Waals surface area contributed by atoms with E-state index in [9.17, 15) is 5.11 Å². The number of likely N-dealkylation sites (N-methyl/N-ethyl adjacent to an activating group) is 1. The second-order valence-electron chi connectivity index (χ2n) is 3.22. The summed E-state index contributed by atoms with van der Waals surface area (Å²) >= 11 is 0. The molecule has 72 valence electrons. The summed E-state index contributed by atoms with van der Waals surface area (Å²) < 4.78 is 0. The van der Waals surface area contributed by atoms with E-state index in [1.165, 1.54) is 6.07 Å². The highest BCUT2D eigenvalue weighted by Gasteiger charge is 2.03. The fraction of sp³-hybridized carbons (Fsp3) is 0.400. The van der Waals surface area contributed by atoms with E-state index in [-0.39, 0.29) is 11.5 Å².